The minimum Gasteiger partial charge on any atom is -0.339 e. The van der Waals surface area contributed by atoms with Crippen molar-refractivity contribution in [2.75, 3.05) is 51.3 Å². The summed E-state index contributed by atoms with van der Waals surface area (Å²) in [7, 11) is -1.06. The van der Waals surface area contributed by atoms with Crippen molar-refractivity contribution < 1.29 is 13.2 Å². The van der Waals surface area contributed by atoms with Crippen LogP contribution in [0.2, 0.25) is 0 Å². The maximum atomic E-state index is 12.1. The zero-order chi connectivity index (χ0) is 13.9. The summed E-state index contributed by atoms with van der Waals surface area (Å²) in [4.78, 5) is 15.9. The molecule has 7 heteroatoms. The summed E-state index contributed by atoms with van der Waals surface area (Å²) in [6.07, 6.45) is 1.57. The number of sulfone groups is 1. The van der Waals surface area contributed by atoms with Gasteiger partial charge in [-0.3, -0.25) is 9.69 Å². The zero-order valence-electron chi connectivity index (χ0n) is 11.5. The molecule has 2 rings (SSSR count). The van der Waals surface area contributed by atoms with Gasteiger partial charge in [0.15, 0.2) is 9.84 Å². The Labute approximate surface area is 115 Å². The molecule has 110 valence electrons. The summed E-state index contributed by atoms with van der Waals surface area (Å²) < 4.78 is 23.2. The smallest absolute Gasteiger partial charge is 0.236 e. The van der Waals surface area contributed by atoms with Crippen LogP contribution in [-0.4, -0.2) is 81.4 Å². The molecule has 0 saturated carbocycles. The van der Waals surface area contributed by atoms with Crippen LogP contribution in [0.4, 0.5) is 0 Å². The number of amides is 1. The fourth-order valence-corrected chi connectivity index (χ4v) is 4.48. The predicted octanol–water partition coefficient (Wildman–Crippen LogP) is -1.07. The highest BCUT2D eigenvalue weighted by Crippen LogP contribution is 2.16. The molecule has 0 aromatic carbocycles. The van der Waals surface area contributed by atoms with Gasteiger partial charge in [0.05, 0.1) is 18.1 Å². The predicted molar refractivity (Wildman–Crippen MR) is 73.8 cm³/mol. The molecule has 2 fully saturated rings. The van der Waals surface area contributed by atoms with Crippen LogP contribution >= 0.6 is 0 Å². The van der Waals surface area contributed by atoms with Crippen molar-refractivity contribution in [3.05, 3.63) is 0 Å². The highest BCUT2D eigenvalue weighted by molar-refractivity contribution is 7.91. The maximum Gasteiger partial charge on any atom is 0.236 e. The number of hydrogen-bond donors (Lipinski definition) is 1. The van der Waals surface area contributed by atoms with Gasteiger partial charge in [-0.15, -0.1) is 0 Å². The van der Waals surface area contributed by atoms with Gasteiger partial charge in [-0.05, 0) is 19.9 Å². The van der Waals surface area contributed by atoms with Crippen molar-refractivity contribution in [1.29, 1.82) is 0 Å². The van der Waals surface area contributed by atoms with E-state index in [1.165, 1.54) is 0 Å². The number of nitrogens with zero attached hydrogens (tertiary/aromatic N) is 2. The van der Waals surface area contributed by atoms with Crippen LogP contribution < -0.4 is 5.32 Å². The monoisotopic (exact) mass is 289 g/mol. The SMILES string of the molecule is CN(CC(=O)N1CCNCC1)C1CCCS(=O)(=O)C1. The van der Waals surface area contributed by atoms with Crippen molar-refractivity contribution in [2.45, 2.75) is 18.9 Å². The maximum absolute atomic E-state index is 12.1. The first-order valence-electron chi connectivity index (χ1n) is 6.87. The second-order valence-corrected chi connectivity index (χ2v) is 7.69. The first-order valence-corrected chi connectivity index (χ1v) is 8.69. The molecule has 6 nitrogen and oxygen atoms in total. The molecule has 2 heterocycles. The van der Waals surface area contributed by atoms with Crippen LogP contribution in [0.3, 0.4) is 0 Å². The van der Waals surface area contributed by atoms with Gasteiger partial charge in [0, 0.05) is 32.2 Å². The van der Waals surface area contributed by atoms with Crippen molar-refractivity contribution in [2.24, 2.45) is 0 Å². The van der Waals surface area contributed by atoms with E-state index in [-0.39, 0.29) is 17.7 Å². The second kappa shape index (κ2) is 6.19. The summed E-state index contributed by atoms with van der Waals surface area (Å²) in [5.74, 6) is 0.591. The van der Waals surface area contributed by atoms with Crippen LogP contribution in [0.5, 0.6) is 0 Å². The Morgan fingerprint density at radius 2 is 2.05 bits per heavy atom. The number of likely N-dealkylation sites (N-methyl/N-ethyl adjacent to an activating group) is 1. The standard InChI is InChI=1S/C12H23N3O3S/c1-14(11-3-2-8-19(17,18)10-11)9-12(16)15-6-4-13-5-7-15/h11,13H,2-10H2,1H3. The van der Waals surface area contributed by atoms with Crippen LogP contribution in [0.15, 0.2) is 0 Å². The highest BCUT2D eigenvalue weighted by Gasteiger charge is 2.29. The number of carbonyl (C=O) groups excluding carboxylic acids is 1. The lowest BCUT2D eigenvalue weighted by Gasteiger charge is -2.33. The molecule has 1 atom stereocenters. The largest absolute Gasteiger partial charge is 0.339 e. The molecule has 0 spiro atoms. The van der Waals surface area contributed by atoms with Gasteiger partial charge in [-0.25, -0.2) is 8.42 Å². The van der Waals surface area contributed by atoms with Crippen molar-refractivity contribution in [3.63, 3.8) is 0 Å². The van der Waals surface area contributed by atoms with Gasteiger partial charge in [0.2, 0.25) is 5.91 Å². The van der Waals surface area contributed by atoms with E-state index in [2.05, 4.69) is 5.32 Å². The molecule has 0 aromatic rings. The minimum atomic E-state index is -2.91. The molecular weight excluding hydrogens is 266 g/mol. The average molecular weight is 289 g/mol. The van der Waals surface area contributed by atoms with Crippen molar-refractivity contribution >= 4 is 15.7 Å². The van der Waals surface area contributed by atoms with E-state index in [1.54, 1.807) is 0 Å². The van der Waals surface area contributed by atoms with E-state index in [9.17, 15) is 13.2 Å². The third-order valence-corrected chi connectivity index (χ3v) is 5.72. The van der Waals surface area contributed by atoms with Gasteiger partial charge >= 0.3 is 0 Å². The van der Waals surface area contributed by atoms with E-state index in [0.717, 1.165) is 32.6 Å². The molecule has 0 radical (unpaired) electrons. The third-order valence-electron chi connectivity index (χ3n) is 3.92. The Kier molecular flexibility index (Phi) is 4.81. The van der Waals surface area contributed by atoms with E-state index >= 15 is 0 Å². The fourth-order valence-electron chi connectivity index (χ4n) is 2.70. The summed E-state index contributed by atoms with van der Waals surface area (Å²) >= 11 is 0. The summed E-state index contributed by atoms with van der Waals surface area (Å²) in [5, 5.41) is 3.21. The molecule has 1 unspecified atom stereocenters. The van der Waals surface area contributed by atoms with Crippen molar-refractivity contribution in [1.82, 2.24) is 15.1 Å². The summed E-state index contributed by atoms with van der Waals surface area (Å²) in [5.41, 5.74) is 0. The molecule has 1 amide bonds. The number of hydrogen-bond acceptors (Lipinski definition) is 5. The molecule has 0 aliphatic carbocycles. The highest BCUT2D eigenvalue weighted by atomic mass is 32.2. The second-order valence-electron chi connectivity index (χ2n) is 5.46. The fraction of sp³-hybridized carbons (Fsp3) is 0.917. The van der Waals surface area contributed by atoms with Crippen LogP contribution in [0, 0.1) is 0 Å². The molecule has 0 bridgehead atoms. The van der Waals surface area contributed by atoms with Crippen LogP contribution in [0.25, 0.3) is 0 Å². The molecular formula is C12H23N3O3S. The molecule has 2 aliphatic rings. The van der Waals surface area contributed by atoms with E-state index in [1.807, 2.05) is 16.8 Å². The Morgan fingerprint density at radius 3 is 2.68 bits per heavy atom. The van der Waals surface area contributed by atoms with Gasteiger partial charge < -0.3 is 10.2 Å². The van der Waals surface area contributed by atoms with Crippen molar-refractivity contribution in [3.8, 4) is 0 Å². The Hall–Kier alpha value is -0.660. The van der Waals surface area contributed by atoms with E-state index in [4.69, 9.17) is 0 Å². The normalized spacial score (nSPS) is 27.5. The third kappa shape index (κ3) is 4.15. The molecule has 19 heavy (non-hydrogen) atoms. The summed E-state index contributed by atoms with van der Waals surface area (Å²) in [6, 6.07) is -0.00869. The average Bonchev–Trinajstić information content (AvgIpc) is 2.38. The molecule has 1 N–H and O–H groups in total. The lowest BCUT2D eigenvalue weighted by atomic mass is 10.1. The minimum absolute atomic E-state index is 0.00869. The lowest BCUT2D eigenvalue weighted by molar-refractivity contribution is -0.133. The Morgan fingerprint density at radius 1 is 1.37 bits per heavy atom. The van der Waals surface area contributed by atoms with Crippen LogP contribution in [-0.2, 0) is 14.6 Å². The first kappa shape index (κ1) is 14.7. The van der Waals surface area contributed by atoms with Gasteiger partial charge in [0.25, 0.3) is 0 Å². The van der Waals surface area contributed by atoms with Gasteiger partial charge in [-0.2, -0.15) is 0 Å². The number of nitrogens with one attached hydrogen (secondary N) is 1. The van der Waals surface area contributed by atoms with E-state index in [0.29, 0.717) is 18.7 Å². The molecule has 2 aliphatic heterocycles. The lowest BCUT2D eigenvalue weighted by Crippen LogP contribution is -2.51. The van der Waals surface area contributed by atoms with Gasteiger partial charge in [0.1, 0.15) is 0 Å². The number of rotatable bonds is 3. The summed E-state index contributed by atoms with van der Waals surface area (Å²) in [6.45, 7) is 3.49. The Bertz CT molecular complexity index is 418. The Balaban J connectivity index is 1.86. The quantitative estimate of drug-likeness (QED) is 0.716. The molecule has 2 saturated heterocycles. The molecule has 0 aromatic heterocycles. The van der Waals surface area contributed by atoms with E-state index < -0.39 is 9.84 Å². The zero-order valence-corrected chi connectivity index (χ0v) is 12.3. The van der Waals surface area contributed by atoms with Crippen LogP contribution in [0.1, 0.15) is 12.8 Å². The topological polar surface area (TPSA) is 69.7 Å². The number of carbonyl (C=O) groups is 1. The first-order chi connectivity index (χ1) is 8.98. The number of piperazine rings is 1. The van der Waals surface area contributed by atoms with Gasteiger partial charge in [-0.1, -0.05) is 0 Å².